The van der Waals surface area contributed by atoms with E-state index in [0.29, 0.717) is 17.1 Å². The zero-order valence-corrected chi connectivity index (χ0v) is 19.4. The highest BCUT2D eigenvalue weighted by molar-refractivity contribution is 6.00. The first-order chi connectivity index (χ1) is 17.5. The van der Waals surface area contributed by atoms with Crippen molar-refractivity contribution in [2.75, 3.05) is 5.32 Å². The number of rotatable bonds is 7. The van der Waals surface area contributed by atoms with Gasteiger partial charge in [0.25, 0.3) is 11.5 Å². The molecule has 0 fully saturated rings. The molecule has 0 bridgehead atoms. The highest BCUT2D eigenvalue weighted by Crippen LogP contribution is 2.25. The molecule has 3 N–H and O–H groups in total. The van der Waals surface area contributed by atoms with Gasteiger partial charge in [0.15, 0.2) is 6.10 Å². The van der Waals surface area contributed by atoms with E-state index < -0.39 is 18.0 Å². The van der Waals surface area contributed by atoms with Crippen LogP contribution in [0.3, 0.4) is 0 Å². The molecule has 0 aliphatic heterocycles. The van der Waals surface area contributed by atoms with Crippen LogP contribution >= 0.6 is 0 Å². The molecule has 0 aliphatic carbocycles. The molecule has 9 nitrogen and oxygen atoms in total. The van der Waals surface area contributed by atoms with Crippen LogP contribution in [-0.4, -0.2) is 37.7 Å². The van der Waals surface area contributed by atoms with E-state index >= 15 is 0 Å². The maximum Gasteiger partial charge on any atom is 0.339 e. The Balaban J connectivity index is 1.34. The van der Waals surface area contributed by atoms with E-state index in [1.54, 1.807) is 55.5 Å². The monoisotopic (exact) mass is 481 g/mol. The van der Waals surface area contributed by atoms with E-state index in [9.17, 15) is 14.4 Å². The van der Waals surface area contributed by atoms with Crippen molar-refractivity contribution in [2.45, 2.75) is 19.4 Å². The lowest BCUT2D eigenvalue weighted by Gasteiger charge is -2.16. The van der Waals surface area contributed by atoms with Gasteiger partial charge in [-0.25, -0.2) is 14.5 Å². The summed E-state index contributed by atoms with van der Waals surface area (Å²) in [4.78, 5) is 46.2. The minimum absolute atomic E-state index is 0.200. The summed E-state index contributed by atoms with van der Waals surface area (Å²) in [7, 11) is 0. The van der Waals surface area contributed by atoms with Crippen LogP contribution in [0, 0.1) is 0 Å². The number of para-hydroxylation sites is 3. The Bertz CT molecular complexity index is 1570. The van der Waals surface area contributed by atoms with Crippen molar-refractivity contribution in [1.29, 1.82) is 0 Å². The summed E-state index contributed by atoms with van der Waals surface area (Å²) >= 11 is 0. The molecular weight excluding hydrogens is 458 g/mol. The number of aromatic nitrogens is 4. The number of nitrogens with zero attached hydrogens (tertiary/aromatic N) is 2. The van der Waals surface area contributed by atoms with Gasteiger partial charge in [0.2, 0.25) is 0 Å². The van der Waals surface area contributed by atoms with E-state index in [1.165, 1.54) is 10.7 Å². The molecule has 0 saturated carbocycles. The van der Waals surface area contributed by atoms with Crippen LogP contribution in [-0.2, 0) is 9.53 Å². The van der Waals surface area contributed by atoms with Crippen LogP contribution < -0.4 is 10.9 Å². The quantitative estimate of drug-likeness (QED) is 0.300. The van der Waals surface area contributed by atoms with Crippen LogP contribution in [0.25, 0.3) is 28.1 Å². The zero-order chi connectivity index (χ0) is 25.1. The molecule has 1 amide bonds. The summed E-state index contributed by atoms with van der Waals surface area (Å²) in [5.74, 6) is -0.468. The summed E-state index contributed by atoms with van der Waals surface area (Å²) in [6.45, 7) is 1.74. The van der Waals surface area contributed by atoms with Crippen molar-refractivity contribution < 1.29 is 14.3 Å². The van der Waals surface area contributed by atoms with Gasteiger partial charge < -0.3 is 15.0 Å². The summed E-state index contributed by atoms with van der Waals surface area (Å²) in [5, 5.41) is 5.49. The van der Waals surface area contributed by atoms with E-state index in [2.05, 4.69) is 20.4 Å². The summed E-state index contributed by atoms with van der Waals surface area (Å²) in [5.41, 5.74) is 2.77. The third-order valence-electron chi connectivity index (χ3n) is 5.70. The van der Waals surface area contributed by atoms with Crippen LogP contribution in [0.4, 0.5) is 5.82 Å². The number of esters is 1. The van der Waals surface area contributed by atoms with Gasteiger partial charge in [-0.3, -0.25) is 14.7 Å². The minimum Gasteiger partial charge on any atom is -0.449 e. The standard InChI is InChI=1S/C27H23N5O4/c1-2-22(26(34)30-23-16-24(33)32(31-23)17-10-4-3-5-11-17)36-27(35)19-13-7-6-12-18(19)25-28-20-14-8-9-15-21(20)29-25/h3-16,22,31H,2H2,1H3,(H,28,29)(H,30,34). The zero-order valence-electron chi connectivity index (χ0n) is 19.4. The molecule has 9 heteroatoms. The van der Waals surface area contributed by atoms with Crippen molar-refractivity contribution in [2.24, 2.45) is 0 Å². The van der Waals surface area contributed by atoms with E-state index in [1.807, 2.05) is 30.3 Å². The van der Waals surface area contributed by atoms with Gasteiger partial charge in [-0.05, 0) is 36.8 Å². The Morgan fingerprint density at radius 2 is 1.72 bits per heavy atom. The van der Waals surface area contributed by atoms with Crippen LogP contribution in [0.2, 0.25) is 0 Å². The number of carbonyl (C=O) groups is 2. The van der Waals surface area contributed by atoms with Gasteiger partial charge in [-0.2, -0.15) is 0 Å². The number of carbonyl (C=O) groups excluding carboxylic acids is 2. The Morgan fingerprint density at radius 3 is 2.50 bits per heavy atom. The first-order valence-electron chi connectivity index (χ1n) is 11.5. The second kappa shape index (κ2) is 9.75. The van der Waals surface area contributed by atoms with E-state index in [0.717, 1.165) is 11.0 Å². The van der Waals surface area contributed by atoms with Gasteiger partial charge in [0.05, 0.1) is 22.3 Å². The first kappa shape index (κ1) is 22.9. The summed E-state index contributed by atoms with van der Waals surface area (Å²) in [6.07, 6.45) is -0.821. The Morgan fingerprint density at radius 1 is 1.00 bits per heavy atom. The highest BCUT2D eigenvalue weighted by atomic mass is 16.5. The number of aromatic amines is 2. The van der Waals surface area contributed by atoms with Gasteiger partial charge in [0.1, 0.15) is 11.6 Å². The number of hydrogen-bond acceptors (Lipinski definition) is 5. The average Bonchev–Trinajstić information content (AvgIpc) is 3.50. The number of hydrogen-bond donors (Lipinski definition) is 3. The SMILES string of the molecule is CCC(OC(=O)c1ccccc1-c1nc2ccccc2[nH]1)C(=O)Nc1cc(=O)n(-c2ccccc2)[nH]1. The van der Waals surface area contributed by atoms with E-state index in [4.69, 9.17) is 4.74 Å². The van der Waals surface area contributed by atoms with Crippen molar-refractivity contribution in [3.8, 4) is 17.1 Å². The molecule has 5 aromatic rings. The van der Waals surface area contributed by atoms with Gasteiger partial charge in [-0.1, -0.05) is 55.5 Å². The topological polar surface area (TPSA) is 122 Å². The number of amides is 1. The summed E-state index contributed by atoms with van der Waals surface area (Å²) < 4.78 is 6.90. The Kier molecular flexibility index (Phi) is 6.19. The number of nitrogens with one attached hydrogen (secondary N) is 3. The lowest BCUT2D eigenvalue weighted by Crippen LogP contribution is -2.32. The number of H-pyrrole nitrogens is 2. The molecule has 0 saturated heterocycles. The fourth-order valence-corrected chi connectivity index (χ4v) is 3.90. The number of benzene rings is 3. The van der Waals surface area contributed by atoms with Crippen molar-refractivity contribution >= 4 is 28.7 Å². The smallest absolute Gasteiger partial charge is 0.339 e. The van der Waals surface area contributed by atoms with E-state index in [-0.39, 0.29) is 23.4 Å². The average molecular weight is 482 g/mol. The molecule has 1 unspecified atom stereocenters. The van der Waals surface area contributed by atoms with Crippen molar-refractivity contribution in [1.82, 2.24) is 19.7 Å². The summed E-state index contributed by atoms with van der Waals surface area (Å²) in [6, 6.07) is 24.7. The molecule has 2 aromatic heterocycles. The second-order valence-corrected chi connectivity index (χ2v) is 8.12. The number of fused-ring (bicyclic) bond motifs is 1. The van der Waals surface area contributed by atoms with Crippen LogP contribution in [0.1, 0.15) is 23.7 Å². The first-order valence-corrected chi connectivity index (χ1v) is 11.5. The Labute approximate surface area is 205 Å². The molecule has 1 atom stereocenters. The third kappa shape index (κ3) is 4.54. The number of imidazole rings is 1. The normalized spacial score (nSPS) is 11.8. The van der Waals surface area contributed by atoms with Crippen molar-refractivity contribution in [3.05, 3.63) is 101 Å². The largest absolute Gasteiger partial charge is 0.449 e. The number of ether oxygens (including phenoxy) is 1. The molecule has 0 spiro atoms. The Hall–Kier alpha value is -4.92. The molecular formula is C27H23N5O4. The van der Waals surface area contributed by atoms with Crippen LogP contribution in [0.5, 0.6) is 0 Å². The lowest BCUT2D eigenvalue weighted by atomic mass is 10.1. The number of anilines is 1. The lowest BCUT2D eigenvalue weighted by molar-refractivity contribution is -0.124. The molecule has 0 radical (unpaired) electrons. The predicted molar refractivity (Wildman–Crippen MR) is 136 cm³/mol. The van der Waals surface area contributed by atoms with Crippen LogP contribution in [0.15, 0.2) is 89.7 Å². The molecule has 0 aliphatic rings. The minimum atomic E-state index is -1.06. The molecule has 2 heterocycles. The van der Waals surface area contributed by atoms with Gasteiger partial charge >= 0.3 is 5.97 Å². The molecule has 3 aromatic carbocycles. The predicted octanol–water partition coefficient (Wildman–Crippen LogP) is 4.28. The molecule has 180 valence electrons. The molecule has 5 rings (SSSR count). The fourth-order valence-electron chi connectivity index (χ4n) is 3.90. The maximum absolute atomic E-state index is 13.1. The second-order valence-electron chi connectivity index (χ2n) is 8.12. The van der Waals surface area contributed by atoms with Crippen molar-refractivity contribution in [3.63, 3.8) is 0 Å². The molecule has 36 heavy (non-hydrogen) atoms. The fraction of sp³-hybridized carbons (Fsp3) is 0.111. The third-order valence-corrected chi connectivity index (χ3v) is 5.70. The maximum atomic E-state index is 13.1. The van der Waals surface area contributed by atoms with Gasteiger partial charge in [-0.15, -0.1) is 0 Å². The van der Waals surface area contributed by atoms with Gasteiger partial charge in [0, 0.05) is 11.6 Å². The highest BCUT2D eigenvalue weighted by Gasteiger charge is 2.25.